The van der Waals surface area contributed by atoms with Gasteiger partial charge in [-0.25, -0.2) is 0 Å². The van der Waals surface area contributed by atoms with E-state index in [4.69, 9.17) is 4.74 Å². The van der Waals surface area contributed by atoms with E-state index < -0.39 is 0 Å². The molecule has 0 spiro atoms. The molecule has 4 rings (SSSR count). The summed E-state index contributed by atoms with van der Waals surface area (Å²) >= 11 is 1.18. The van der Waals surface area contributed by atoms with Crippen molar-refractivity contribution >= 4 is 34.5 Å². The number of carbonyl (C=O) groups excluding carboxylic acids is 2. The number of rotatable bonds is 6. The van der Waals surface area contributed by atoms with E-state index in [1.54, 1.807) is 31.4 Å². The Kier molecular flexibility index (Phi) is 6.54. The average molecular weight is 438 g/mol. The minimum absolute atomic E-state index is 0.0397. The molecule has 2 aromatic carbocycles. The number of benzene rings is 2. The van der Waals surface area contributed by atoms with Gasteiger partial charge in [0.05, 0.1) is 6.61 Å². The number of methoxy groups -OCH3 is 1. The van der Waals surface area contributed by atoms with Crippen LogP contribution in [-0.2, 0) is 11.3 Å². The Bertz CT molecular complexity index is 1050. The molecular formula is C22H23N5O3S. The number of hydrogen-bond acceptors (Lipinski definition) is 7. The Morgan fingerprint density at radius 2 is 1.81 bits per heavy atom. The maximum Gasteiger partial charge on any atom is 0.286 e. The van der Waals surface area contributed by atoms with Crippen molar-refractivity contribution in [3.63, 3.8) is 0 Å². The van der Waals surface area contributed by atoms with E-state index in [2.05, 4.69) is 32.5 Å². The molecule has 0 saturated carbocycles. The van der Waals surface area contributed by atoms with Gasteiger partial charge < -0.3 is 19.9 Å². The Labute approximate surface area is 184 Å². The Balaban J connectivity index is 1.37. The van der Waals surface area contributed by atoms with Crippen LogP contribution in [0.2, 0.25) is 0 Å². The van der Waals surface area contributed by atoms with Crippen molar-refractivity contribution in [2.24, 2.45) is 0 Å². The predicted octanol–water partition coefficient (Wildman–Crippen LogP) is 2.90. The largest absolute Gasteiger partial charge is 0.377 e. The normalized spacial score (nSPS) is 13.8. The molecule has 9 heteroatoms. The summed E-state index contributed by atoms with van der Waals surface area (Å²) in [6.45, 7) is 3.18. The zero-order valence-corrected chi connectivity index (χ0v) is 18.0. The Morgan fingerprint density at radius 3 is 2.55 bits per heavy atom. The molecule has 1 fully saturated rings. The lowest BCUT2D eigenvalue weighted by Gasteiger charge is -2.36. The summed E-state index contributed by atoms with van der Waals surface area (Å²) in [7, 11) is 1.56. The summed E-state index contributed by atoms with van der Waals surface area (Å²) in [4.78, 5) is 29.6. The zero-order valence-electron chi connectivity index (χ0n) is 17.2. The van der Waals surface area contributed by atoms with Gasteiger partial charge >= 0.3 is 0 Å². The average Bonchev–Trinajstić information content (AvgIpc) is 3.29. The van der Waals surface area contributed by atoms with Crippen molar-refractivity contribution < 1.29 is 14.3 Å². The molecule has 1 saturated heterocycles. The molecule has 8 nitrogen and oxygen atoms in total. The lowest BCUT2D eigenvalue weighted by molar-refractivity contribution is 0.0746. The van der Waals surface area contributed by atoms with Crippen LogP contribution in [0.25, 0.3) is 0 Å². The van der Waals surface area contributed by atoms with E-state index >= 15 is 0 Å². The molecule has 0 bridgehead atoms. The first-order chi connectivity index (χ1) is 15.1. The lowest BCUT2D eigenvalue weighted by atomic mass is 10.1. The number of ether oxygens (including phenoxy) is 1. The fraction of sp³-hybridized carbons (Fsp3) is 0.273. The molecule has 0 radical (unpaired) electrons. The van der Waals surface area contributed by atoms with Crippen molar-refractivity contribution in [2.45, 2.75) is 6.61 Å². The van der Waals surface area contributed by atoms with Gasteiger partial charge in [0.25, 0.3) is 11.8 Å². The molecule has 0 unspecified atom stereocenters. The lowest BCUT2D eigenvalue weighted by Crippen LogP contribution is -2.48. The van der Waals surface area contributed by atoms with Gasteiger partial charge in [-0.15, -0.1) is 10.2 Å². The zero-order chi connectivity index (χ0) is 21.6. The number of nitrogens with one attached hydrogen (secondary N) is 1. The number of amides is 2. The second kappa shape index (κ2) is 9.67. The maximum absolute atomic E-state index is 13.0. The minimum atomic E-state index is -0.360. The number of hydrogen-bond donors (Lipinski definition) is 1. The fourth-order valence-electron chi connectivity index (χ4n) is 3.43. The first kappa shape index (κ1) is 21.0. The standard InChI is InChI=1S/C22H23N5O3S/c1-30-15-19-24-25-21(31-19)20(28)23-17-7-5-6-16(14-17)22(29)27-12-10-26(11-13-27)18-8-3-2-4-9-18/h2-9,14H,10-13,15H2,1H3,(H,23,28). The molecule has 31 heavy (non-hydrogen) atoms. The van der Waals surface area contributed by atoms with E-state index in [0.717, 1.165) is 13.1 Å². The number of piperazine rings is 1. The summed E-state index contributed by atoms with van der Waals surface area (Å²) in [5.74, 6) is -0.400. The highest BCUT2D eigenvalue weighted by Gasteiger charge is 2.22. The van der Waals surface area contributed by atoms with Crippen molar-refractivity contribution in [3.05, 3.63) is 70.2 Å². The fourth-order valence-corrected chi connectivity index (χ4v) is 4.14. The van der Waals surface area contributed by atoms with Gasteiger partial charge in [0.2, 0.25) is 5.01 Å². The molecule has 0 atom stereocenters. The van der Waals surface area contributed by atoms with Gasteiger partial charge in [-0.2, -0.15) is 0 Å². The van der Waals surface area contributed by atoms with Crippen LogP contribution in [0.1, 0.15) is 25.2 Å². The van der Waals surface area contributed by atoms with Gasteiger partial charge in [-0.3, -0.25) is 9.59 Å². The summed E-state index contributed by atoms with van der Waals surface area (Å²) < 4.78 is 5.00. The van der Waals surface area contributed by atoms with Crippen LogP contribution in [0.15, 0.2) is 54.6 Å². The first-order valence-electron chi connectivity index (χ1n) is 9.96. The molecule has 1 aliphatic heterocycles. The molecule has 160 valence electrons. The third-order valence-electron chi connectivity index (χ3n) is 4.98. The molecule has 3 aromatic rings. The second-order valence-corrected chi connectivity index (χ2v) is 8.15. The van der Waals surface area contributed by atoms with Crippen LogP contribution >= 0.6 is 11.3 Å². The highest BCUT2D eigenvalue weighted by atomic mass is 32.1. The number of para-hydroxylation sites is 1. The molecule has 0 aliphatic carbocycles. The van der Waals surface area contributed by atoms with Crippen LogP contribution in [-0.4, -0.2) is 60.2 Å². The van der Waals surface area contributed by atoms with E-state index in [1.165, 1.54) is 17.0 Å². The van der Waals surface area contributed by atoms with Crippen LogP contribution in [0.4, 0.5) is 11.4 Å². The van der Waals surface area contributed by atoms with Crippen molar-refractivity contribution in [2.75, 3.05) is 43.5 Å². The summed E-state index contributed by atoms with van der Waals surface area (Å²) in [6, 6.07) is 17.2. The predicted molar refractivity (Wildman–Crippen MR) is 120 cm³/mol. The van der Waals surface area contributed by atoms with Crippen molar-refractivity contribution in [1.29, 1.82) is 0 Å². The molecule has 1 N–H and O–H groups in total. The Morgan fingerprint density at radius 1 is 1.03 bits per heavy atom. The van der Waals surface area contributed by atoms with Gasteiger partial charge in [-0.1, -0.05) is 35.6 Å². The summed E-state index contributed by atoms with van der Waals surface area (Å²) in [5.41, 5.74) is 2.26. The number of anilines is 2. The van der Waals surface area contributed by atoms with Crippen LogP contribution in [0.5, 0.6) is 0 Å². The van der Waals surface area contributed by atoms with E-state index in [9.17, 15) is 9.59 Å². The van der Waals surface area contributed by atoms with Crippen LogP contribution in [0.3, 0.4) is 0 Å². The SMILES string of the molecule is COCc1nnc(C(=O)Nc2cccc(C(=O)N3CCN(c4ccccc4)CC3)c2)s1. The smallest absolute Gasteiger partial charge is 0.286 e. The maximum atomic E-state index is 13.0. The quantitative estimate of drug-likeness (QED) is 0.638. The van der Waals surface area contributed by atoms with Gasteiger partial charge in [0.1, 0.15) is 5.01 Å². The molecule has 1 aliphatic rings. The number of aromatic nitrogens is 2. The van der Waals surface area contributed by atoms with Crippen LogP contribution < -0.4 is 10.2 Å². The Hall–Kier alpha value is -3.30. The highest BCUT2D eigenvalue weighted by Crippen LogP contribution is 2.19. The van der Waals surface area contributed by atoms with Gasteiger partial charge in [0.15, 0.2) is 0 Å². The monoisotopic (exact) mass is 437 g/mol. The number of nitrogens with zero attached hydrogens (tertiary/aromatic N) is 4. The molecule has 2 amide bonds. The minimum Gasteiger partial charge on any atom is -0.377 e. The first-order valence-corrected chi connectivity index (χ1v) is 10.8. The number of carbonyl (C=O) groups is 2. The van der Waals surface area contributed by atoms with E-state index in [-0.39, 0.29) is 16.8 Å². The molecule has 1 aromatic heterocycles. The second-order valence-electron chi connectivity index (χ2n) is 7.08. The third kappa shape index (κ3) is 5.07. The van der Waals surface area contributed by atoms with Crippen molar-refractivity contribution in [3.8, 4) is 0 Å². The third-order valence-corrected chi connectivity index (χ3v) is 5.88. The van der Waals surface area contributed by atoms with E-state index in [0.29, 0.717) is 36.0 Å². The highest BCUT2D eigenvalue weighted by molar-refractivity contribution is 7.13. The van der Waals surface area contributed by atoms with Crippen LogP contribution in [0, 0.1) is 0 Å². The topological polar surface area (TPSA) is 87.7 Å². The van der Waals surface area contributed by atoms with E-state index in [1.807, 2.05) is 23.1 Å². The van der Waals surface area contributed by atoms with Gasteiger partial charge in [0, 0.05) is 50.2 Å². The van der Waals surface area contributed by atoms with Gasteiger partial charge in [-0.05, 0) is 30.3 Å². The van der Waals surface area contributed by atoms with Crippen molar-refractivity contribution in [1.82, 2.24) is 15.1 Å². The molecule has 2 heterocycles. The summed E-state index contributed by atoms with van der Waals surface area (Å²) in [6.07, 6.45) is 0. The summed E-state index contributed by atoms with van der Waals surface area (Å²) in [5, 5.41) is 11.5. The molecular weight excluding hydrogens is 414 g/mol.